The van der Waals surface area contributed by atoms with Crippen molar-refractivity contribution in [1.82, 2.24) is 20.0 Å². The van der Waals surface area contributed by atoms with Crippen LogP contribution in [-0.4, -0.2) is 78.8 Å². The summed E-state index contributed by atoms with van der Waals surface area (Å²) in [5.74, 6) is 0.954. The average Bonchev–Trinajstić information content (AvgIpc) is 3.46. The highest BCUT2D eigenvalue weighted by Gasteiger charge is 2.27. The lowest BCUT2D eigenvalue weighted by Crippen LogP contribution is -2.48. The smallest absolute Gasteiger partial charge is 0.257 e. The molecule has 0 aliphatic carbocycles. The molecule has 3 aromatic rings. The molecule has 0 radical (unpaired) electrons. The van der Waals surface area contributed by atoms with Crippen molar-refractivity contribution in [1.29, 1.82) is 0 Å². The number of nitrogens with zero attached hydrogens (tertiary/aromatic N) is 3. The summed E-state index contributed by atoms with van der Waals surface area (Å²) in [5, 5.41) is 2.83. The first kappa shape index (κ1) is 30.1. The van der Waals surface area contributed by atoms with Crippen molar-refractivity contribution < 1.29 is 23.9 Å². The summed E-state index contributed by atoms with van der Waals surface area (Å²) in [5.41, 5.74) is 3.96. The fourth-order valence-electron chi connectivity index (χ4n) is 5.36. The van der Waals surface area contributed by atoms with Crippen LogP contribution in [0.2, 0.25) is 0 Å². The molecule has 0 atom stereocenters. The van der Waals surface area contributed by atoms with E-state index in [1.807, 2.05) is 48.5 Å². The number of carbonyl (C=O) groups is 3. The lowest BCUT2D eigenvalue weighted by Gasteiger charge is -2.26. The van der Waals surface area contributed by atoms with Gasteiger partial charge in [0.1, 0.15) is 24.7 Å². The molecule has 2 heterocycles. The number of fused-ring (bicyclic) bond motifs is 1. The zero-order valence-electron chi connectivity index (χ0n) is 25.0. The van der Waals surface area contributed by atoms with Gasteiger partial charge in [-0.15, -0.1) is 0 Å². The van der Waals surface area contributed by atoms with Gasteiger partial charge in [0.15, 0.2) is 0 Å². The van der Waals surface area contributed by atoms with Crippen molar-refractivity contribution in [2.45, 2.75) is 39.5 Å². The molecule has 1 N–H and O–H groups in total. The Morgan fingerprint density at radius 2 is 1.77 bits per heavy atom. The summed E-state index contributed by atoms with van der Waals surface area (Å²) in [6.07, 6.45) is 1.88. The van der Waals surface area contributed by atoms with E-state index < -0.39 is 0 Å². The molecule has 3 aromatic carbocycles. The second-order valence-electron chi connectivity index (χ2n) is 11.1. The normalized spacial score (nSPS) is 14.7. The van der Waals surface area contributed by atoms with Gasteiger partial charge >= 0.3 is 0 Å². The fraction of sp³-hybridized carbons (Fsp3) is 0.382. The third-order valence-electron chi connectivity index (χ3n) is 7.87. The van der Waals surface area contributed by atoms with Gasteiger partial charge in [-0.05, 0) is 53.4 Å². The highest BCUT2D eigenvalue weighted by molar-refractivity contribution is 6.01. The van der Waals surface area contributed by atoms with E-state index in [2.05, 4.69) is 17.1 Å². The fourth-order valence-corrected chi connectivity index (χ4v) is 5.36. The molecule has 226 valence electrons. The molecule has 1 saturated heterocycles. The van der Waals surface area contributed by atoms with Crippen LogP contribution in [0.3, 0.4) is 0 Å². The minimum atomic E-state index is -0.164. The zero-order valence-corrected chi connectivity index (χ0v) is 25.0. The molecule has 0 bridgehead atoms. The molecular weight excluding hydrogens is 544 g/mol. The Labute approximate surface area is 253 Å². The van der Waals surface area contributed by atoms with Gasteiger partial charge in [-0.25, -0.2) is 0 Å². The minimum Gasteiger partial charge on any atom is -0.492 e. The molecule has 5 rings (SSSR count). The van der Waals surface area contributed by atoms with Gasteiger partial charge in [0, 0.05) is 51.9 Å². The van der Waals surface area contributed by atoms with Gasteiger partial charge in [-0.3, -0.25) is 19.3 Å². The van der Waals surface area contributed by atoms with Crippen LogP contribution < -0.4 is 14.8 Å². The predicted octanol–water partition coefficient (Wildman–Crippen LogP) is 4.10. The summed E-state index contributed by atoms with van der Waals surface area (Å²) >= 11 is 0. The second-order valence-corrected chi connectivity index (χ2v) is 11.1. The van der Waals surface area contributed by atoms with Crippen LogP contribution in [0.5, 0.6) is 11.5 Å². The maximum atomic E-state index is 13.7. The van der Waals surface area contributed by atoms with Crippen LogP contribution in [0, 0.1) is 0 Å². The first-order chi connectivity index (χ1) is 20.9. The number of benzene rings is 3. The molecule has 0 saturated carbocycles. The van der Waals surface area contributed by atoms with Crippen LogP contribution >= 0.6 is 0 Å². The van der Waals surface area contributed by atoms with Gasteiger partial charge in [-0.2, -0.15) is 0 Å². The highest BCUT2D eigenvalue weighted by Crippen LogP contribution is 2.30. The number of unbranched alkanes of at least 4 members (excludes halogenated alkanes) is 1. The van der Waals surface area contributed by atoms with E-state index in [1.165, 1.54) is 0 Å². The number of carbonyl (C=O) groups excluding carboxylic acids is 3. The van der Waals surface area contributed by atoms with E-state index in [0.717, 1.165) is 41.8 Å². The van der Waals surface area contributed by atoms with Gasteiger partial charge in [0.25, 0.3) is 11.8 Å². The number of ether oxygens (including phenoxy) is 2. The Morgan fingerprint density at radius 1 is 0.953 bits per heavy atom. The van der Waals surface area contributed by atoms with E-state index in [-0.39, 0.29) is 17.7 Å². The molecule has 1 fully saturated rings. The summed E-state index contributed by atoms with van der Waals surface area (Å²) in [6.45, 7) is 7.03. The van der Waals surface area contributed by atoms with Crippen LogP contribution in [-0.2, 0) is 24.5 Å². The van der Waals surface area contributed by atoms with Crippen LogP contribution in [0.25, 0.3) is 0 Å². The maximum Gasteiger partial charge on any atom is 0.257 e. The van der Waals surface area contributed by atoms with E-state index in [4.69, 9.17) is 9.47 Å². The third-order valence-corrected chi connectivity index (χ3v) is 7.87. The van der Waals surface area contributed by atoms with E-state index >= 15 is 0 Å². The number of nitrogens with one attached hydrogen (secondary N) is 1. The number of amides is 3. The van der Waals surface area contributed by atoms with Crippen molar-refractivity contribution >= 4 is 17.7 Å². The van der Waals surface area contributed by atoms with Crippen molar-refractivity contribution in [3.63, 3.8) is 0 Å². The van der Waals surface area contributed by atoms with Crippen molar-refractivity contribution in [3.8, 4) is 11.5 Å². The van der Waals surface area contributed by atoms with E-state index in [9.17, 15) is 14.4 Å². The van der Waals surface area contributed by atoms with Crippen molar-refractivity contribution in [2.24, 2.45) is 0 Å². The average molecular weight is 585 g/mol. The molecule has 2 aliphatic heterocycles. The van der Waals surface area contributed by atoms with Gasteiger partial charge in [0.2, 0.25) is 5.91 Å². The van der Waals surface area contributed by atoms with Gasteiger partial charge in [0.05, 0.1) is 12.1 Å². The summed E-state index contributed by atoms with van der Waals surface area (Å²) in [6, 6.07) is 20.9. The van der Waals surface area contributed by atoms with Crippen LogP contribution in [0.15, 0.2) is 66.7 Å². The first-order valence-electron chi connectivity index (χ1n) is 15.0. The number of hydrogen-bond donors (Lipinski definition) is 1. The summed E-state index contributed by atoms with van der Waals surface area (Å²) < 4.78 is 12.1. The predicted molar refractivity (Wildman–Crippen MR) is 164 cm³/mol. The SMILES string of the molecule is CCCCN(C)C(=O)c1cc(C(=O)N2Cc3ccc(OCCN4CCNC(=O)C4)cc3C2)ccc1OCc1ccccc1. The number of piperazine rings is 1. The van der Waals surface area contributed by atoms with E-state index in [0.29, 0.717) is 69.4 Å². The molecule has 0 unspecified atom stereocenters. The van der Waals surface area contributed by atoms with Crippen LogP contribution in [0.1, 0.15) is 57.2 Å². The van der Waals surface area contributed by atoms with Crippen molar-refractivity contribution in [2.75, 3.05) is 46.4 Å². The maximum absolute atomic E-state index is 13.7. The lowest BCUT2D eigenvalue weighted by atomic mass is 10.1. The Kier molecular flexibility index (Phi) is 9.94. The third kappa shape index (κ3) is 7.73. The molecule has 0 aromatic heterocycles. The molecule has 9 heteroatoms. The summed E-state index contributed by atoms with van der Waals surface area (Å²) in [4.78, 5) is 44.3. The van der Waals surface area contributed by atoms with E-state index in [1.54, 1.807) is 35.0 Å². The number of hydrogen-bond acceptors (Lipinski definition) is 6. The summed E-state index contributed by atoms with van der Waals surface area (Å²) in [7, 11) is 1.79. The Hall–Kier alpha value is -4.37. The monoisotopic (exact) mass is 584 g/mol. The second kappa shape index (κ2) is 14.2. The molecule has 0 spiro atoms. The standard InChI is InChI=1S/C34H40N4O5/c1-3-4-15-36(2)34(41)30-20-26(11-13-31(30)43-24-25-8-6-5-7-9-25)33(40)38-21-27-10-12-29(19-28(27)22-38)42-18-17-37-16-14-35-32(39)23-37/h5-13,19-20H,3-4,14-18,21-24H2,1-2H3,(H,35,39). The zero-order chi connectivity index (χ0) is 30.2. The van der Waals surface area contributed by atoms with Gasteiger partial charge in [-0.1, -0.05) is 49.7 Å². The van der Waals surface area contributed by atoms with Gasteiger partial charge < -0.3 is 24.6 Å². The van der Waals surface area contributed by atoms with Crippen molar-refractivity contribution in [3.05, 3.63) is 94.5 Å². The molecule has 43 heavy (non-hydrogen) atoms. The molecule has 9 nitrogen and oxygen atoms in total. The number of rotatable bonds is 12. The highest BCUT2D eigenvalue weighted by atomic mass is 16.5. The largest absolute Gasteiger partial charge is 0.492 e. The Bertz CT molecular complexity index is 1440. The minimum absolute atomic E-state index is 0.0443. The lowest BCUT2D eigenvalue weighted by molar-refractivity contribution is -0.124. The molecule has 3 amide bonds. The Balaban J connectivity index is 1.26. The topological polar surface area (TPSA) is 91.4 Å². The quantitative estimate of drug-likeness (QED) is 0.345. The Morgan fingerprint density at radius 3 is 2.56 bits per heavy atom. The molecular formula is C34H40N4O5. The van der Waals surface area contributed by atoms with Crippen LogP contribution in [0.4, 0.5) is 0 Å². The molecule has 2 aliphatic rings. The first-order valence-corrected chi connectivity index (χ1v) is 15.0.